The number of piperidine rings is 2. The zero-order valence-corrected chi connectivity index (χ0v) is 25.6. The molecule has 0 bridgehead atoms. The second-order valence-electron chi connectivity index (χ2n) is 13.4. The molecule has 1 unspecified atom stereocenters. The number of amides is 4. The van der Waals surface area contributed by atoms with Gasteiger partial charge >= 0.3 is 0 Å². The molecule has 5 aliphatic rings. The van der Waals surface area contributed by atoms with Crippen molar-refractivity contribution in [1.82, 2.24) is 30.3 Å². The number of imide groups is 2. The van der Waals surface area contributed by atoms with Crippen LogP contribution in [0.2, 0.25) is 0 Å². The number of carbonyl (C=O) groups excluding carboxylic acids is 4. The first-order chi connectivity index (χ1) is 22.4. The summed E-state index contributed by atoms with van der Waals surface area (Å²) in [6.45, 7) is 2.83. The number of hydrogen-bond acceptors (Lipinski definition) is 9. The fourth-order valence-electron chi connectivity index (χ4n) is 7.24. The molecule has 2 saturated carbocycles. The molecule has 8 rings (SSSR count). The SMILES string of the molecule is O=C1CCC(N2C(=O)c3ccc(NC[C@H]4C[C@H](n5cc(-c6cc(NC7CCNCC7)ccn6)c(C6CC6)n5)C4)cc3C2=O)C(=O)N1. The average molecular weight is 623 g/mol. The van der Waals surface area contributed by atoms with Gasteiger partial charge in [0.15, 0.2) is 0 Å². The Balaban J connectivity index is 0.897. The standard InChI is InChI=1S/C34H38N8O4/c43-30-6-5-29(32(44)39-30)42-33(45)25-4-3-22(15-26(25)34(42)46)37-17-19-13-24(14-19)41-18-27(31(40-41)20-1-2-20)28-16-23(9-12-36-28)38-21-7-10-35-11-8-21/h3-4,9,12,15-16,18-21,24,29,35,37H,1-2,5-8,10-11,13-14,17H2,(H,36,38)(H,39,43,44)/t19-,24-,29?. The molecule has 1 atom stereocenters. The molecule has 12 nitrogen and oxygen atoms in total. The zero-order chi connectivity index (χ0) is 31.4. The van der Waals surface area contributed by atoms with E-state index in [2.05, 4.69) is 44.3 Å². The Labute approximate surface area is 266 Å². The highest BCUT2D eigenvalue weighted by Crippen LogP contribution is 2.46. The molecule has 2 aliphatic carbocycles. The van der Waals surface area contributed by atoms with Gasteiger partial charge in [0.1, 0.15) is 6.04 Å². The summed E-state index contributed by atoms with van der Waals surface area (Å²) < 4.78 is 2.15. The summed E-state index contributed by atoms with van der Waals surface area (Å²) >= 11 is 0. The van der Waals surface area contributed by atoms with E-state index in [4.69, 9.17) is 10.1 Å². The van der Waals surface area contributed by atoms with Crippen molar-refractivity contribution >= 4 is 35.0 Å². The van der Waals surface area contributed by atoms with Crippen molar-refractivity contribution in [2.24, 2.45) is 5.92 Å². The molecule has 4 N–H and O–H groups in total. The normalized spacial score (nSPS) is 24.9. The number of aromatic nitrogens is 3. The lowest BCUT2D eigenvalue weighted by Gasteiger charge is -2.35. The van der Waals surface area contributed by atoms with Crippen LogP contribution in [-0.2, 0) is 9.59 Å². The molecule has 0 spiro atoms. The maximum atomic E-state index is 13.2. The summed E-state index contributed by atoms with van der Waals surface area (Å²) in [7, 11) is 0. The van der Waals surface area contributed by atoms with E-state index in [1.165, 1.54) is 12.8 Å². The van der Waals surface area contributed by atoms with Crippen molar-refractivity contribution in [2.75, 3.05) is 30.3 Å². The van der Waals surface area contributed by atoms with Crippen LogP contribution in [0.3, 0.4) is 0 Å². The van der Waals surface area contributed by atoms with Crippen LogP contribution < -0.4 is 21.3 Å². The second-order valence-corrected chi connectivity index (χ2v) is 13.4. The Morgan fingerprint density at radius 1 is 0.870 bits per heavy atom. The van der Waals surface area contributed by atoms with E-state index in [-0.39, 0.29) is 29.9 Å². The number of nitrogens with one attached hydrogen (secondary N) is 4. The van der Waals surface area contributed by atoms with E-state index in [9.17, 15) is 19.2 Å². The topological polar surface area (TPSA) is 150 Å². The van der Waals surface area contributed by atoms with Gasteiger partial charge in [0.2, 0.25) is 11.8 Å². The molecule has 5 heterocycles. The molecule has 12 heteroatoms. The molecule has 2 saturated heterocycles. The van der Waals surface area contributed by atoms with E-state index in [1.54, 1.807) is 18.2 Å². The maximum absolute atomic E-state index is 13.2. The van der Waals surface area contributed by atoms with Crippen molar-refractivity contribution in [1.29, 1.82) is 0 Å². The minimum Gasteiger partial charge on any atom is -0.385 e. The fourth-order valence-corrected chi connectivity index (χ4v) is 7.24. The van der Waals surface area contributed by atoms with E-state index >= 15 is 0 Å². The van der Waals surface area contributed by atoms with E-state index in [0.717, 1.165) is 78.5 Å². The van der Waals surface area contributed by atoms with Gasteiger partial charge in [0, 0.05) is 54.3 Å². The summed E-state index contributed by atoms with van der Waals surface area (Å²) in [6.07, 6.45) is 10.9. The molecule has 238 valence electrons. The minimum absolute atomic E-state index is 0.0981. The van der Waals surface area contributed by atoms with Crippen molar-refractivity contribution in [2.45, 2.75) is 75.4 Å². The van der Waals surface area contributed by atoms with Crippen LogP contribution in [-0.4, -0.2) is 75.0 Å². The number of nitrogens with zero attached hydrogens (tertiary/aromatic N) is 4. The summed E-state index contributed by atoms with van der Waals surface area (Å²) in [4.78, 5) is 55.8. The smallest absolute Gasteiger partial charge is 0.262 e. The predicted octanol–water partition coefficient (Wildman–Crippen LogP) is 3.45. The van der Waals surface area contributed by atoms with Gasteiger partial charge in [-0.05, 0) is 94.3 Å². The third-order valence-electron chi connectivity index (χ3n) is 10.1. The van der Waals surface area contributed by atoms with Gasteiger partial charge in [-0.1, -0.05) is 0 Å². The Hall–Kier alpha value is -4.58. The Bertz CT molecular complexity index is 1720. The molecule has 3 aliphatic heterocycles. The van der Waals surface area contributed by atoms with Gasteiger partial charge in [-0.2, -0.15) is 5.10 Å². The molecule has 4 fully saturated rings. The summed E-state index contributed by atoms with van der Waals surface area (Å²) in [5, 5.41) is 17.9. The lowest BCUT2D eigenvalue weighted by Crippen LogP contribution is -2.54. The van der Waals surface area contributed by atoms with Crippen LogP contribution in [0.5, 0.6) is 0 Å². The third-order valence-corrected chi connectivity index (χ3v) is 10.1. The maximum Gasteiger partial charge on any atom is 0.262 e. The van der Waals surface area contributed by atoms with Crippen molar-refractivity contribution in [3.63, 3.8) is 0 Å². The van der Waals surface area contributed by atoms with Gasteiger partial charge in [-0.3, -0.25) is 39.1 Å². The van der Waals surface area contributed by atoms with Gasteiger partial charge < -0.3 is 16.0 Å². The molecular weight excluding hydrogens is 584 g/mol. The van der Waals surface area contributed by atoms with Gasteiger partial charge in [-0.15, -0.1) is 0 Å². The van der Waals surface area contributed by atoms with Crippen molar-refractivity contribution in [3.05, 3.63) is 59.5 Å². The quantitative estimate of drug-likeness (QED) is 0.263. The van der Waals surface area contributed by atoms with Gasteiger partial charge in [0.25, 0.3) is 11.8 Å². The number of fused-ring (bicyclic) bond motifs is 1. The summed E-state index contributed by atoms with van der Waals surface area (Å²) in [6, 6.07) is 9.21. The van der Waals surface area contributed by atoms with E-state index in [1.807, 2.05) is 6.20 Å². The highest BCUT2D eigenvalue weighted by molar-refractivity contribution is 6.23. The molecule has 0 radical (unpaired) electrons. The molecular formula is C34H38N8O4. The van der Waals surface area contributed by atoms with Crippen molar-refractivity contribution < 1.29 is 19.2 Å². The van der Waals surface area contributed by atoms with Gasteiger partial charge in [-0.25, -0.2) is 0 Å². The predicted molar refractivity (Wildman–Crippen MR) is 170 cm³/mol. The number of benzene rings is 1. The minimum atomic E-state index is -0.965. The van der Waals surface area contributed by atoms with E-state index in [0.29, 0.717) is 23.9 Å². The fraction of sp³-hybridized carbons (Fsp3) is 0.471. The molecule has 2 aromatic heterocycles. The van der Waals surface area contributed by atoms with Crippen LogP contribution in [0.1, 0.15) is 89.7 Å². The largest absolute Gasteiger partial charge is 0.385 e. The number of pyridine rings is 1. The second kappa shape index (κ2) is 11.7. The molecule has 3 aromatic rings. The van der Waals surface area contributed by atoms with E-state index < -0.39 is 23.8 Å². The zero-order valence-electron chi connectivity index (χ0n) is 25.6. The summed E-state index contributed by atoms with van der Waals surface area (Å²) in [5.74, 6) is -1.02. The first-order valence-electron chi connectivity index (χ1n) is 16.5. The molecule has 1 aromatic carbocycles. The van der Waals surface area contributed by atoms with Crippen LogP contribution in [0.4, 0.5) is 11.4 Å². The monoisotopic (exact) mass is 622 g/mol. The Kier molecular flexibility index (Phi) is 7.31. The first-order valence-corrected chi connectivity index (χ1v) is 16.5. The third kappa shape index (κ3) is 5.44. The number of rotatable bonds is 9. The van der Waals surface area contributed by atoms with Crippen LogP contribution in [0, 0.1) is 5.92 Å². The molecule has 46 heavy (non-hydrogen) atoms. The highest BCUT2D eigenvalue weighted by atomic mass is 16.2. The van der Waals surface area contributed by atoms with Crippen LogP contribution >= 0.6 is 0 Å². The van der Waals surface area contributed by atoms with Crippen molar-refractivity contribution in [3.8, 4) is 11.3 Å². The van der Waals surface area contributed by atoms with Crippen LogP contribution in [0.15, 0.2) is 42.7 Å². The summed E-state index contributed by atoms with van der Waals surface area (Å²) in [5.41, 5.74) is 5.72. The number of hydrogen-bond donors (Lipinski definition) is 4. The lowest BCUT2D eigenvalue weighted by molar-refractivity contribution is -0.136. The first kappa shape index (κ1) is 28.9. The number of carbonyl (C=O) groups is 4. The van der Waals surface area contributed by atoms with Crippen LogP contribution in [0.25, 0.3) is 11.3 Å². The molecule has 4 amide bonds. The van der Waals surface area contributed by atoms with Gasteiger partial charge in [0.05, 0.1) is 28.6 Å². The highest BCUT2D eigenvalue weighted by Gasteiger charge is 2.44. The lowest BCUT2D eigenvalue weighted by atomic mass is 9.80. The number of anilines is 2. The Morgan fingerprint density at radius 3 is 2.46 bits per heavy atom. The average Bonchev–Trinajstić information content (AvgIpc) is 3.75. The Morgan fingerprint density at radius 2 is 1.67 bits per heavy atom.